The van der Waals surface area contributed by atoms with Gasteiger partial charge in [-0.1, -0.05) is 12.1 Å². The molecule has 0 aromatic heterocycles. The van der Waals surface area contributed by atoms with Crippen molar-refractivity contribution in [2.75, 3.05) is 19.8 Å². The summed E-state index contributed by atoms with van der Waals surface area (Å²) in [6.45, 7) is 1.75. The lowest BCUT2D eigenvalue weighted by Gasteiger charge is -2.11. The third-order valence-corrected chi connectivity index (χ3v) is 6.65. The minimum Gasteiger partial charge on any atom is -0.491 e. The number of aliphatic hydroxyl groups excluding tert-OH is 1. The first-order chi connectivity index (χ1) is 12.3. The van der Waals surface area contributed by atoms with Gasteiger partial charge in [0.05, 0.1) is 29.2 Å². The van der Waals surface area contributed by atoms with Crippen LogP contribution in [0.4, 0.5) is 0 Å². The number of ether oxygens (including phenoxy) is 1. The summed E-state index contributed by atoms with van der Waals surface area (Å²) in [6, 6.07) is 11.7. The van der Waals surface area contributed by atoms with Crippen LogP contribution in [0, 0.1) is 0 Å². The number of hydrogen-bond acceptors (Lipinski definition) is 6. The SMILES string of the molecule is CCOP(=O)(O)Cc1ccc(S(=O)(=O)c2ccc(OCCO)cc2)cc1. The Morgan fingerprint density at radius 1 is 1.00 bits per heavy atom. The average Bonchev–Trinajstić information content (AvgIpc) is 2.60. The predicted molar refractivity (Wildman–Crippen MR) is 96.1 cm³/mol. The summed E-state index contributed by atoms with van der Waals surface area (Å²) in [5.41, 5.74) is 0.510. The van der Waals surface area contributed by atoms with E-state index in [2.05, 4.69) is 0 Å². The van der Waals surface area contributed by atoms with Gasteiger partial charge in [0.2, 0.25) is 9.84 Å². The third kappa shape index (κ3) is 5.40. The maximum Gasteiger partial charge on any atom is 0.332 e. The molecule has 1 unspecified atom stereocenters. The Hall–Kier alpha value is -1.70. The van der Waals surface area contributed by atoms with Crippen molar-refractivity contribution in [2.24, 2.45) is 0 Å². The Morgan fingerprint density at radius 3 is 2.04 bits per heavy atom. The fraction of sp³-hybridized carbons (Fsp3) is 0.294. The molecule has 0 bridgehead atoms. The van der Waals surface area contributed by atoms with Crippen molar-refractivity contribution in [1.29, 1.82) is 0 Å². The van der Waals surface area contributed by atoms with E-state index in [0.29, 0.717) is 11.3 Å². The topological polar surface area (TPSA) is 110 Å². The highest BCUT2D eigenvalue weighted by atomic mass is 32.2. The molecule has 142 valence electrons. The fourth-order valence-electron chi connectivity index (χ4n) is 2.27. The third-order valence-electron chi connectivity index (χ3n) is 3.44. The summed E-state index contributed by atoms with van der Waals surface area (Å²) >= 11 is 0. The van der Waals surface area contributed by atoms with Gasteiger partial charge in [0.15, 0.2) is 0 Å². The van der Waals surface area contributed by atoms with Gasteiger partial charge >= 0.3 is 7.60 Å². The van der Waals surface area contributed by atoms with Crippen LogP contribution in [-0.2, 0) is 25.1 Å². The van der Waals surface area contributed by atoms with Gasteiger partial charge in [0, 0.05) is 0 Å². The highest BCUT2D eigenvalue weighted by molar-refractivity contribution is 7.91. The van der Waals surface area contributed by atoms with Crippen LogP contribution in [0.25, 0.3) is 0 Å². The highest BCUT2D eigenvalue weighted by Gasteiger charge is 2.21. The van der Waals surface area contributed by atoms with E-state index >= 15 is 0 Å². The van der Waals surface area contributed by atoms with Gasteiger partial charge in [-0.15, -0.1) is 0 Å². The zero-order chi connectivity index (χ0) is 19.2. The summed E-state index contributed by atoms with van der Waals surface area (Å²) in [4.78, 5) is 9.83. The molecular weight excluding hydrogens is 379 g/mol. The molecule has 2 rings (SSSR count). The van der Waals surface area contributed by atoms with Gasteiger partial charge in [-0.25, -0.2) is 8.42 Å². The van der Waals surface area contributed by atoms with Gasteiger partial charge in [-0.3, -0.25) is 4.57 Å². The molecule has 0 spiro atoms. The number of hydrogen-bond donors (Lipinski definition) is 2. The second-order valence-electron chi connectivity index (χ2n) is 5.40. The maximum absolute atomic E-state index is 12.6. The molecule has 7 nitrogen and oxygen atoms in total. The van der Waals surface area contributed by atoms with Crippen molar-refractivity contribution in [3.8, 4) is 5.75 Å². The Bertz CT molecular complexity index is 861. The molecule has 26 heavy (non-hydrogen) atoms. The van der Waals surface area contributed by atoms with E-state index < -0.39 is 17.4 Å². The lowest BCUT2D eigenvalue weighted by atomic mass is 10.2. The minimum absolute atomic E-state index is 0.0782. The molecule has 2 N–H and O–H groups in total. The number of benzene rings is 2. The smallest absolute Gasteiger partial charge is 0.332 e. The van der Waals surface area contributed by atoms with Gasteiger partial charge in [-0.05, 0) is 48.9 Å². The van der Waals surface area contributed by atoms with Crippen molar-refractivity contribution in [3.05, 3.63) is 54.1 Å². The van der Waals surface area contributed by atoms with Crippen molar-refractivity contribution in [3.63, 3.8) is 0 Å². The lowest BCUT2D eigenvalue weighted by molar-refractivity contribution is 0.201. The molecule has 1 atom stereocenters. The summed E-state index contributed by atoms with van der Waals surface area (Å²) < 4.78 is 47.1. The molecule has 9 heteroatoms. The second kappa shape index (κ2) is 8.79. The van der Waals surface area contributed by atoms with Crippen molar-refractivity contribution >= 4 is 17.4 Å². The maximum atomic E-state index is 12.6. The van der Waals surface area contributed by atoms with Crippen LogP contribution in [0.15, 0.2) is 58.3 Å². The Balaban J connectivity index is 2.17. The normalized spacial score (nSPS) is 14.0. The van der Waals surface area contributed by atoms with Gasteiger partial charge < -0.3 is 19.3 Å². The largest absolute Gasteiger partial charge is 0.491 e. The molecule has 2 aromatic carbocycles. The van der Waals surface area contributed by atoms with Crippen LogP contribution >= 0.6 is 7.60 Å². The monoisotopic (exact) mass is 400 g/mol. The van der Waals surface area contributed by atoms with Crippen molar-refractivity contribution < 1.29 is 32.2 Å². The van der Waals surface area contributed by atoms with Crippen molar-refractivity contribution in [1.82, 2.24) is 0 Å². The molecule has 2 aromatic rings. The standard InChI is InChI=1S/C17H21O7PS/c1-2-24-25(19,20)13-14-3-7-16(8-4-14)26(21,22)17-9-5-15(6-10-17)23-12-11-18/h3-10,18H,2,11-13H2,1H3,(H,19,20). The van der Waals surface area contributed by atoms with Gasteiger partial charge in [-0.2, -0.15) is 0 Å². The number of rotatable bonds is 9. The van der Waals surface area contributed by atoms with Gasteiger partial charge in [0.1, 0.15) is 12.4 Å². The Morgan fingerprint density at radius 2 is 1.54 bits per heavy atom. The lowest BCUT2D eigenvalue weighted by Crippen LogP contribution is -2.04. The van der Waals surface area contributed by atoms with Crippen LogP contribution in [0.2, 0.25) is 0 Å². The molecule has 0 saturated heterocycles. The summed E-state index contributed by atoms with van der Waals surface area (Å²) in [7, 11) is -7.44. The van der Waals surface area contributed by atoms with Crippen LogP contribution < -0.4 is 4.74 Å². The summed E-state index contributed by atoms with van der Waals surface area (Å²) in [5, 5.41) is 8.72. The van der Waals surface area contributed by atoms with Crippen molar-refractivity contribution in [2.45, 2.75) is 22.9 Å². The molecule has 0 aliphatic heterocycles. The highest BCUT2D eigenvalue weighted by Crippen LogP contribution is 2.45. The molecule has 0 radical (unpaired) electrons. The minimum atomic E-state index is -3.72. The summed E-state index contributed by atoms with van der Waals surface area (Å²) in [6.07, 6.45) is -0.182. The average molecular weight is 400 g/mol. The number of aliphatic hydroxyl groups is 1. The molecule has 0 amide bonds. The number of sulfone groups is 1. The van der Waals surface area contributed by atoms with Crippen LogP contribution in [0.3, 0.4) is 0 Å². The van der Waals surface area contributed by atoms with E-state index in [1.807, 2.05) is 0 Å². The van der Waals surface area contributed by atoms with E-state index in [-0.39, 0.29) is 35.8 Å². The molecule has 0 heterocycles. The van der Waals surface area contributed by atoms with E-state index in [0.717, 1.165) is 0 Å². The Labute approximate surface area is 152 Å². The van der Waals surface area contributed by atoms with E-state index in [9.17, 15) is 17.9 Å². The first-order valence-corrected chi connectivity index (χ1v) is 11.2. The van der Waals surface area contributed by atoms with E-state index in [4.69, 9.17) is 14.4 Å². The molecule has 0 aliphatic rings. The predicted octanol–water partition coefficient (Wildman–Crippen LogP) is 2.61. The molecule has 0 saturated carbocycles. The first kappa shape index (κ1) is 20.6. The zero-order valence-electron chi connectivity index (χ0n) is 14.2. The molecule has 0 aliphatic carbocycles. The molecule has 0 fully saturated rings. The van der Waals surface area contributed by atoms with Crippen LogP contribution in [-0.4, -0.2) is 38.2 Å². The molecular formula is C17H21O7PS. The van der Waals surface area contributed by atoms with Gasteiger partial charge in [0.25, 0.3) is 0 Å². The van der Waals surface area contributed by atoms with Crippen LogP contribution in [0.1, 0.15) is 12.5 Å². The quantitative estimate of drug-likeness (QED) is 0.623. The van der Waals surface area contributed by atoms with E-state index in [1.54, 1.807) is 6.92 Å². The van der Waals surface area contributed by atoms with Crippen LogP contribution in [0.5, 0.6) is 5.75 Å². The summed E-state index contributed by atoms with van der Waals surface area (Å²) in [5.74, 6) is 0.461. The Kier molecular flexibility index (Phi) is 6.97. The fourth-order valence-corrected chi connectivity index (χ4v) is 4.69. The zero-order valence-corrected chi connectivity index (χ0v) is 15.9. The first-order valence-electron chi connectivity index (χ1n) is 7.92. The second-order valence-corrected chi connectivity index (χ2v) is 9.20. The van der Waals surface area contributed by atoms with E-state index in [1.165, 1.54) is 48.5 Å².